The highest BCUT2D eigenvalue weighted by Gasteiger charge is 2.14. The maximum atomic E-state index is 12.5. The fraction of sp³-hybridized carbons (Fsp3) is 0.105. The van der Waals surface area contributed by atoms with Crippen LogP contribution in [-0.4, -0.2) is 15.7 Å². The first-order valence-electron chi connectivity index (χ1n) is 7.68. The fourth-order valence-electron chi connectivity index (χ4n) is 2.34. The summed E-state index contributed by atoms with van der Waals surface area (Å²) in [5, 5.41) is 7.37. The number of carbonyl (C=O) groups excluding carboxylic acids is 1. The van der Waals surface area contributed by atoms with Crippen LogP contribution in [0, 0.1) is 13.8 Å². The third kappa shape index (κ3) is 3.78. The Morgan fingerprint density at radius 3 is 2.64 bits per heavy atom. The summed E-state index contributed by atoms with van der Waals surface area (Å²) in [6.45, 7) is 3.83. The van der Waals surface area contributed by atoms with Crippen molar-refractivity contribution >= 4 is 23.2 Å². The third-order valence-corrected chi connectivity index (χ3v) is 4.13. The van der Waals surface area contributed by atoms with E-state index in [1.165, 1.54) is 16.9 Å². The topological polar surface area (TPSA) is 64.0 Å². The summed E-state index contributed by atoms with van der Waals surface area (Å²) in [6.07, 6.45) is 1.54. The van der Waals surface area contributed by atoms with Gasteiger partial charge in [-0.1, -0.05) is 29.8 Å². The highest BCUT2D eigenvalue weighted by atomic mass is 35.5. The Morgan fingerprint density at radius 1 is 1.12 bits per heavy atom. The number of anilines is 1. The normalized spacial score (nSPS) is 10.5. The lowest BCUT2D eigenvalue weighted by molar-refractivity contribution is 0.101. The molecule has 2 aromatic carbocycles. The minimum Gasteiger partial charge on any atom is -0.320 e. The molecule has 1 aromatic heterocycles. The van der Waals surface area contributed by atoms with E-state index in [1.54, 1.807) is 18.2 Å². The molecule has 0 radical (unpaired) electrons. The van der Waals surface area contributed by atoms with Gasteiger partial charge in [0.1, 0.15) is 0 Å². The van der Waals surface area contributed by atoms with Gasteiger partial charge in [-0.3, -0.25) is 9.59 Å². The van der Waals surface area contributed by atoms with E-state index >= 15 is 0 Å². The lowest BCUT2D eigenvalue weighted by Crippen LogP contribution is -2.25. The van der Waals surface area contributed by atoms with Crippen LogP contribution in [0.4, 0.5) is 5.69 Å². The number of rotatable bonds is 3. The van der Waals surface area contributed by atoms with E-state index in [-0.39, 0.29) is 5.69 Å². The average Bonchev–Trinajstić information content (AvgIpc) is 2.58. The number of halogens is 1. The highest BCUT2D eigenvalue weighted by molar-refractivity contribution is 6.31. The van der Waals surface area contributed by atoms with Gasteiger partial charge in [-0.25, -0.2) is 4.68 Å². The Hall–Kier alpha value is -2.92. The van der Waals surface area contributed by atoms with Crippen LogP contribution in [0.5, 0.6) is 0 Å². The molecule has 0 fully saturated rings. The summed E-state index contributed by atoms with van der Waals surface area (Å²) in [5.74, 6) is -0.577. The van der Waals surface area contributed by atoms with E-state index < -0.39 is 11.3 Å². The molecule has 1 amide bonds. The minimum absolute atomic E-state index is 0.180. The van der Waals surface area contributed by atoms with Gasteiger partial charge in [0.25, 0.3) is 5.91 Å². The number of amides is 1. The SMILES string of the molecule is Cc1cccc(-n2ccc(=O)c(C(=O)Nc3ccc(C)c(Cl)c3)n2)c1. The van der Waals surface area contributed by atoms with Gasteiger partial charge in [-0.05, 0) is 49.2 Å². The van der Waals surface area contributed by atoms with Crippen molar-refractivity contribution < 1.29 is 4.79 Å². The summed E-state index contributed by atoms with van der Waals surface area (Å²) in [6, 6.07) is 14.1. The molecule has 25 heavy (non-hydrogen) atoms. The maximum absolute atomic E-state index is 12.5. The van der Waals surface area contributed by atoms with Gasteiger partial charge >= 0.3 is 0 Å². The summed E-state index contributed by atoms with van der Waals surface area (Å²) in [5.41, 5.74) is 2.61. The lowest BCUT2D eigenvalue weighted by atomic mass is 10.2. The van der Waals surface area contributed by atoms with Crippen molar-refractivity contribution in [3.8, 4) is 5.69 Å². The molecule has 1 N–H and O–H groups in total. The zero-order chi connectivity index (χ0) is 18.0. The van der Waals surface area contributed by atoms with Gasteiger partial charge in [0.05, 0.1) is 5.69 Å². The van der Waals surface area contributed by atoms with Crippen LogP contribution in [0.2, 0.25) is 5.02 Å². The molecule has 3 aromatic rings. The number of benzene rings is 2. The second-order valence-corrected chi connectivity index (χ2v) is 6.14. The molecule has 0 unspecified atom stereocenters. The van der Waals surface area contributed by atoms with Crippen molar-refractivity contribution in [1.29, 1.82) is 0 Å². The summed E-state index contributed by atoms with van der Waals surface area (Å²) in [7, 11) is 0. The molecule has 5 nitrogen and oxygen atoms in total. The maximum Gasteiger partial charge on any atom is 0.280 e. The molecule has 126 valence electrons. The average molecular weight is 354 g/mol. The number of aromatic nitrogens is 2. The molecule has 0 spiro atoms. The Bertz CT molecular complexity index is 1010. The van der Waals surface area contributed by atoms with Gasteiger partial charge in [-0.2, -0.15) is 5.10 Å². The molecule has 0 aliphatic heterocycles. The van der Waals surface area contributed by atoms with E-state index in [2.05, 4.69) is 10.4 Å². The van der Waals surface area contributed by atoms with E-state index in [1.807, 2.05) is 38.1 Å². The molecular weight excluding hydrogens is 338 g/mol. The van der Waals surface area contributed by atoms with Crippen molar-refractivity contribution in [2.75, 3.05) is 5.32 Å². The number of carbonyl (C=O) groups is 1. The summed E-state index contributed by atoms with van der Waals surface area (Å²) >= 11 is 6.06. The van der Waals surface area contributed by atoms with Crippen molar-refractivity contribution in [3.63, 3.8) is 0 Å². The molecule has 3 rings (SSSR count). The van der Waals surface area contributed by atoms with Gasteiger partial charge in [-0.15, -0.1) is 0 Å². The number of hydrogen-bond donors (Lipinski definition) is 1. The van der Waals surface area contributed by atoms with E-state index in [0.29, 0.717) is 10.7 Å². The second-order valence-electron chi connectivity index (χ2n) is 5.73. The highest BCUT2D eigenvalue weighted by Crippen LogP contribution is 2.20. The van der Waals surface area contributed by atoms with Crippen LogP contribution in [0.1, 0.15) is 21.6 Å². The molecule has 0 aliphatic carbocycles. The third-order valence-electron chi connectivity index (χ3n) is 3.72. The van der Waals surface area contributed by atoms with Gasteiger partial charge in [0, 0.05) is 23.0 Å². The first-order chi connectivity index (χ1) is 11.9. The zero-order valence-electron chi connectivity index (χ0n) is 13.8. The molecule has 1 heterocycles. The second kappa shape index (κ2) is 6.91. The Morgan fingerprint density at radius 2 is 1.92 bits per heavy atom. The van der Waals surface area contributed by atoms with E-state index in [9.17, 15) is 9.59 Å². The number of nitrogens with one attached hydrogen (secondary N) is 1. The van der Waals surface area contributed by atoms with Crippen LogP contribution in [0.15, 0.2) is 59.5 Å². The Labute approximate surface area is 149 Å². The fourth-order valence-corrected chi connectivity index (χ4v) is 2.52. The van der Waals surface area contributed by atoms with E-state index in [4.69, 9.17) is 11.6 Å². The molecule has 0 saturated carbocycles. The largest absolute Gasteiger partial charge is 0.320 e. The van der Waals surface area contributed by atoms with Crippen molar-refractivity contribution in [2.45, 2.75) is 13.8 Å². The predicted molar refractivity (Wildman–Crippen MR) is 98.7 cm³/mol. The smallest absolute Gasteiger partial charge is 0.280 e. The van der Waals surface area contributed by atoms with Gasteiger partial charge in [0.15, 0.2) is 5.69 Å². The molecule has 0 bridgehead atoms. The van der Waals surface area contributed by atoms with Crippen LogP contribution in [0.3, 0.4) is 0 Å². The molecule has 0 atom stereocenters. The zero-order valence-corrected chi connectivity index (χ0v) is 14.5. The number of nitrogens with zero attached hydrogens (tertiary/aromatic N) is 2. The van der Waals surface area contributed by atoms with Crippen LogP contribution >= 0.6 is 11.6 Å². The van der Waals surface area contributed by atoms with Gasteiger partial charge < -0.3 is 5.32 Å². The molecule has 6 heteroatoms. The minimum atomic E-state index is -0.577. The predicted octanol–water partition coefficient (Wildman–Crippen LogP) is 3.76. The number of hydrogen-bond acceptors (Lipinski definition) is 3. The van der Waals surface area contributed by atoms with Crippen molar-refractivity contribution in [3.05, 3.63) is 86.8 Å². The van der Waals surface area contributed by atoms with Crippen molar-refractivity contribution in [1.82, 2.24) is 9.78 Å². The molecular formula is C19H16ClN3O2. The molecule has 0 saturated heterocycles. The summed E-state index contributed by atoms with van der Waals surface area (Å²) < 4.78 is 1.51. The first kappa shape index (κ1) is 16.9. The lowest BCUT2D eigenvalue weighted by Gasteiger charge is -2.09. The Kier molecular flexibility index (Phi) is 4.67. The van der Waals surface area contributed by atoms with Gasteiger partial charge in [0.2, 0.25) is 5.43 Å². The summed E-state index contributed by atoms with van der Waals surface area (Å²) in [4.78, 5) is 24.5. The van der Waals surface area contributed by atoms with Crippen LogP contribution < -0.4 is 10.7 Å². The number of aryl methyl sites for hydroxylation is 2. The van der Waals surface area contributed by atoms with E-state index in [0.717, 1.165) is 16.8 Å². The standard InChI is InChI=1S/C19H16ClN3O2/c1-12-4-3-5-15(10-12)23-9-8-17(24)18(22-23)19(25)21-14-7-6-13(2)16(20)11-14/h3-11H,1-2H3,(H,21,25). The van der Waals surface area contributed by atoms with Crippen LogP contribution in [0.25, 0.3) is 5.69 Å². The Balaban J connectivity index is 1.93. The first-order valence-corrected chi connectivity index (χ1v) is 8.06. The van der Waals surface area contributed by atoms with Crippen molar-refractivity contribution in [2.24, 2.45) is 0 Å². The monoisotopic (exact) mass is 353 g/mol. The van der Waals surface area contributed by atoms with Crippen LogP contribution in [-0.2, 0) is 0 Å². The molecule has 0 aliphatic rings. The quantitative estimate of drug-likeness (QED) is 0.779.